The average molecular weight is 652 g/mol. The molecule has 0 aliphatic carbocycles. The Morgan fingerprint density at radius 3 is 2.47 bits per heavy atom. The summed E-state index contributed by atoms with van der Waals surface area (Å²) in [5.41, 5.74) is 4.44. The van der Waals surface area contributed by atoms with E-state index in [-0.39, 0.29) is 47.4 Å². The van der Waals surface area contributed by atoms with E-state index in [0.29, 0.717) is 9.59 Å². The molecule has 14 nitrogen and oxygen atoms in total. The fraction of sp³-hybridized carbons (Fsp3) is 0.370. The second-order valence-corrected chi connectivity index (χ2v) is 10.9. The van der Waals surface area contributed by atoms with Crippen molar-refractivity contribution in [3.63, 3.8) is 0 Å². The van der Waals surface area contributed by atoms with Crippen LogP contribution < -0.4 is 16.7 Å². The molecule has 3 aromatic heterocycles. The van der Waals surface area contributed by atoms with Crippen molar-refractivity contribution in [2.45, 2.75) is 51.7 Å². The number of nitrogens with zero attached hydrogens (tertiary/aromatic N) is 7. The minimum atomic E-state index is -5.01. The molecule has 4 rings (SSSR count). The minimum Gasteiger partial charge on any atom is -0.462 e. The number of esters is 1. The number of rotatable bonds is 11. The summed E-state index contributed by atoms with van der Waals surface area (Å²) < 4.78 is 47.3. The van der Waals surface area contributed by atoms with Crippen LogP contribution >= 0.6 is 11.6 Å². The quantitative estimate of drug-likeness (QED) is 0.203. The van der Waals surface area contributed by atoms with Crippen LogP contribution in [0.4, 0.5) is 13.2 Å². The van der Waals surface area contributed by atoms with E-state index in [2.05, 4.69) is 25.5 Å². The number of hydrogen-bond donors (Lipinski definition) is 3. The summed E-state index contributed by atoms with van der Waals surface area (Å²) in [6, 6.07) is 7.15. The van der Waals surface area contributed by atoms with Gasteiger partial charge in [0.15, 0.2) is 17.8 Å². The maximum absolute atomic E-state index is 13.4. The normalized spacial score (nSPS) is 12.6. The van der Waals surface area contributed by atoms with Crippen LogP contribution in [0.2, 0.25) is 5.02 Å². The van der Waals surface area contributed by atoms with Gasteiger partial charge in [-0.1, -0.05) is 11.6 Å². The van der Waals surface area contributed by atoms with Crippen molar-refractivity contribution in [2.75, 3.05) is 13.2 Å². The van der Waals surface area contributed by atoms with Gasteiger partial charge in [-0.05, 0) is 51.1 Å². The topological polar surface area (TPSA) is 185 Å². The van der Waals surface area contributed by atoms with Crippen molar-refractivity contribution in [3.8, 4) is 17.1 Å². The van der Waals surface area contributed by atoms with Crippen molar-refractivity contribution in [3.05, 3.63) is 75.4 Å². The van der Waals surface area contributed by atoms with Crippen LogP contribution in [0.5, 0.6) is 0 Å². The third-order valence-electron chi connectivity index (χ3n) is 6.13. The molecule has 45 heavy (non-hydrogen) atoms. The first-order valence-corrected chi connectivity index (χ1v) is 13.8. The number of nitrogens with two attached hydrogens (primary N) is 1. The number of aliphatic hydroxyl groups is 1. The molecule has 1 amide bonds. The fourth-order valence-electron chi connectivity index (χ4n) is 3.99. The van der Waals surface area contributed by atoms with Crippen LogP contribution in [0.15, 0.2) is 47.5 Å². The van der Waals surface area contributed by atoms with Crippen molar-refractivity contribution in [1.82, 2.24) is 39.4 Å². The second-order valence-electron chi connectivity index (χ2n) is 10.5. The Morgan fingerprint density at radius 1 is 1.16 bits per heavy atom. The molecule has 18 heteroatoms. The first kappa shape index (κ1) is 33.3. The largest absolute Gasteiger partial charge is 0.462 e. The lowest BCUT2D eigenvalue weighted by molar-refractivity contribution is -0.207. The zero-order valence-electron chi connectivity index (χ0n) is 24.2. The van der Waals surface area contributed by atoms with Gasteiger partial charge in [-0.2, -0.15) is 13.2 Å². The molecular weight excluding hydrogens is 623 g/mol. The standard InChI is InChI=1S/C27H29ClF3N9O5/c1-4-45-24(43)17-9-10-33-11-18(17)40-22(23(42)34-14-26(2,3)32)35-20(36-40)13-39-25(44)38(12-19(41)27(29,30)31)21(37-39)15-5-7-16(28)8-6-15/h5-11,19,41H,4,12-14,32H2,1-3H3,(H,34,42)/t19-/m0/s1. The summed E-state index contributed by atoms with van der Waals surface area (Å²) >= 11 is 5.94. The smallest absolute Gasteiger partial charge is 0.416 e. The van der Waals surface area contributed by atoms with E-state index in [4.69, 9.17) is 22.1 Å². The first-order chi connectivity index (χ1) is 21.1. The summed E-state index contributed by atoms with van der Waals surface area (Å²) in [5, 5.41) is 21.2. The Labute approximate surface area is 258 Å². The number of nitrogens with one attached hydrogen (secondary N) is 1. The van der Waals surface area contributed by atoms with Gasteiger partial charge in [0.1, 0.15) is 12.2 Å². The lowest BCUT2D eigenvalue weighted by atomic mass is 10.1. The highest BCUT2D eigenvalue weighted by atomic mass is 35.5. The lowest BCUT2D eigenvalue weighted by Gasteiger charge is -2.18. The van der Waals surface area contributed by atoms with E-state index in [1.54, 1.807) is 20.8 Å². The van der Waals surface area contributed by atoms with Crippen molar-refractivity contribution >= 4 is 23.5 Å². The molecule has 0 spiro atoms. The first-order valence-electron chi connectivity index (χ1n) is 13.4. The molecule has 0 unspecified atom stereocenters. The number of aliphatic hydroxyl groups excluding tert-OH is 1. The van der Waals surface area contributed by atoms with Crippen LogP contribution in [0.1, 0.15) is 47.6 Å². The maximum Gasteiger partial charge on any atom is 0.416 e. The lowest BCUT2D eigenvalue weighted by Crippen LogP contribution is -2.45. The zero-order chi connectivity index (χ0) is 33.1. The molecule has 0 saturated heterocycles. The van der Waals surface area contributed by atoms with E-state index in [0.717, 1.165) is 9.36 Å². The number of alkyl halides is 3. The number of halogens is 4. The van der Waals surface area contributed by atoms with E-state index in [9.17, 15) is 32.7 Å². The molecule has 0 aliphatic rings. The molecule has 0 bridgehead atoms. The number of carbonyl (C=O) groups is 2. The summed E-state index contributed by atoms with van der Waals surface area (Å²) in [6.07, 6.45) is -5.29. The highest BCUT2D eigenvalue weighted by Gasteiger charge is 2.39. The van der Waals surface area contributed by atoms with Gasteiger partial charge in [0.2, 0.25) is 5.82 Å². The molecule has 0 saturated carbocycles. The van der Waals surface area contributed by atoms with Crippen LogP contribution in [0, 0.1) is 0 Å². The zero-order valence-corrected chi connectivity index (χ0v) is 25.0. The number of hydrogen-bond acceptors (Lipinski definition) is 10. The molecule has 4 N–H and O–H groups in total. The molecular formula is C27H29ClF3N9O5. The maximum atomic E-state index is 13.4. The minimum absolute atomic E-state index is 0.00381. The third kappa shape index (κ3) is 7.92. The summed E-state index contributed by atoms with van der Waals surface area (Å²) in [6.45, 7) is 3.40. The highest BCUT2D eigenvalue weighted by Crippen LogP contribution is 2.24. The molecule has 4 aromatic rings. The van der Waals surface area contributed by atoms with Gasteiger partial charge in [0.25, 0.3) is 5.91 Å². The molecule has 0 aliphatic heterocycles. The fourth-order valence-corrected chi connectivity index (χ4v) is 4.12. The van der Waals surface area contributed by atoms with Gasteiger partial charge in [-0.25, -0.2) is 23.9 Å². The Balaban J connectivity index is 1.82. The van der Waals surface area contributed by atoms with Gasteiger partial charge in [-0.15, -0.1) is 10.2 Å². The Hall–Kier alpha value is -4.61. The SMILES string of the molecule is CCOC(=O)c1ccncc1-n1nc(Cn2nc(-c3ccc(Cl)cc3)n(C[C@H](O)C(F)(F)F)c2=O)nc1C(=O)NCC(C)(C)N. The van der Waals surface area contributed by atoms with Crippen LogP contribution in [0.25, 0.3) is 17.1 Å². The van der Waals surface area contributed by atoms with Crippen molar-refractivity contribution in [1.29, 1.82) is 0 Å². The number of benzene rings is 1. The predicted octanol–water partition coefficient (Wildman–Crippen LogP) is 1.96. The number of pyridine rings is 1. The van der Waals surface area contributed by atoms with Crippen LogP contribution in [-0.4, -0.2) is 82.0 Å². The monoisotopic (exact) mass is 651 g/mol. The summed E-state index contributed by atoms with van der Waals surface area (Å²) in [5.74, 6) is -2.15. The second kappa shape index (κ2) is 13.2. The Kier molecular flexibility index (Phi) is 9.74. The van der Waals surface area contributed by atoms with Crippen molar-refractivity contribution in [2.24, 2.45) is 5.73 Å². The van der Waals surface area contributed by atoms with E-state index >= 15 is 0 Å². The number of amides is 1. The van der Waals surface area contributed by atoms with Gasteiger partial charge >= 0.3 is 17.8 Å². The van der Waals surface area contributed by atoms with E-state index < -0.39 is 48.5 Å². The van der Waals surface area contributed by atoms with E-state index in [1.807, 2.05) is 0 Å². The van der Waals surface area contributed by atoms with E-state index in [1.165, 1.54) is 42.7 Å². The number of ether oxygens (including phenoxy) is 1. The summed E-state index contributed by atoms with van der Waals surface area (Å²) in [7, 11) is 0. The molecule has 240 valence electrons. The van der Waals surface area contributed by atoms with Crippen molar-refractivity contribution < 1.29 is 32.6 Å². The van der Waals surface area contributed by atoms with Gasteiger partial charge < -0.3 is 20.9 Å². The van der Waals surface area contributed by atoms with Gasteiger partial charge in [-0.3, -0.25) is 14.3 Å². The van der Waals surface area contributed by atoms with Crippen LogP contribution in [-0.2, 0) is 17.8 Å². The third-order valence-corrected chi connectivity index (χ3v) is 6.38. The molecule has 1 aromatic carbocycles. The van der Waals surface area contributed by atoms with Gasteiger partial charge in [0, 0.05) is 28.9 Å². The average Bonchev–Trinajstić information content (AvgIpc) is 3.52. The predicted molar refractivity (Wildman–Crippen MR) is 154 cm³/mol. The Bertz CT molecular complexity index is 1740. The molecule has 3 heterocycles. The Morgan fingerprint density at radius 2 is 1.84 bits per heavy atom. The molecule has 1 atom stereocenters. The molecule has 0 radical (unpaired) electrons. The highest BCUT2D eigenvalue weighted by molar-refractivity contribution is 6.30. The number of aromatic nitrogens is 7. The van der Waals surface area contributed by atoms with Gasteiger partial charge in [0.05, 0.1) is 24.9 Å². The number of carbonyl (C=O) groups excluding carboxylic acids is 2. The van der Waals surface area contributed by atoms with Crippen LogP contribution in [0.3, 0.4) is 0 Å². The molecule has 0 fully saturated rings. The summed E-state index contributed by atoms with van der Waals surface area (Å²) in [4.78, 5) is 47.6.